The molecule has 4 N–H and O–H groups in total. The van der Waals surface area contributed by atoms with Gasteiger partial charge in [-0.25, -0.2) is 4.79 Å². The SMILES string of the molecule is CC(N)=O.O=C(Oc1ccc(O)cc1OCC(O)CN1CCC(Oc2ccc(Cl)cc2)C1)C(F)(F)F. The maximum atomic E-state index is 12.4. The van der Waals surface area contributed by atoms with Gasteiger partial charge in [0.2, 0.25) is 5.91 Å². The second-order valence-electron chi connectivity index (χ2n) is 7.84. The lowest BCUT2D eigenvalue weighted by atomic mass is 10.3. The van der Waals surface area contributed by atoms with E-state index < -0.39 is 24.0 Å². The van der Waals surface area contributed by atoms with E-state index in [0.717, 1.165) is 24.6 Å². The second-order valence-corrected chi connectivity index (χ2v) is 8.27. The number of hydrogen-bond donors (Lipinski definition) is 3. The van der Waals surface area contributed by atoms with E-state index in [0.29, 0.717) is 23.9 Å². The maximum Gasteiger partial charge on any atom is 0.491 e. The summed E-state index contributed by atoms with van der Waals surface area (Å²) in [7, 11) is 0. The molecule has 2 aromatic rings. The van der Waals surface area contributed by atoms with Gasteiger partial charge in [0, 0.05) is 37.6 Å². The fraction of sp³-hybridized carbons (Fsp3) is 0.391. The van der Waals surface area contributed by atoms with Gasteiger partial charge in [0.15, 0.2) is 11.5 Å². The smallest absolute Gasteiger partial charge is 0.491 e. The Kier molecular flexibility index (Phi) is 10.6. The number of phenolic OH excluding ortho intramolecular Hbond substituents is 1. The summed E-state index contributed by atoms with van der Waals surface area (Å²) in [5, 5.41) is 20.4. The zero-order valence-electron chi connectivity index (χ0n) is 19.2. The van der Waals surface area contributed by atoms with Gasteiger partial charge in [0.25, 0.3) is 0 Å². The van der Waals surface area contributed by atoms with Crippen molar-refractivity contribution in [3.8, 4) is 23.0 Å². The summed E-state index contributed by atoms with van der Waals surface area (Å²) in [5.41, 5.74) is 4.47. The number of rotatable bonds is 8. The van der Waals surface area contributed by atoms with Crippen molar-refractivity contribution in [3.05, 3.63) is 47.5 Å². The number of esters is 1. The first-order valence-electron chi connectivity index (χ1n) is 10.7. The second kappa shape index (κ2) is 13.2. The number of hydrogen-bond acceptors (Lipinski definition) is 8. The molecule has 1 saturated heterocycles. The molecule has 0 radical (unpaired) electrons. The lowest BCUT2D eigenvalue weighted by Gasteiger charge is -2.21. The number of aromatic hydroxyl groups is 1. The zero-order valence-corrected chi connectivity index (χ0v) is 20.0. The topological polar surface area (TPSA) is 132 Å². The van der Waals surface area contributed by atoms with Crippen molar-refractivity contribution in [2.24, 2.45) is 5.73 Å². The molecule has 36 heavy (non-hydrogen) atoms. The number of carbonyl (C=O) groups excluding carboxylic acids is 2. The van der Waals surface area contributed by atoms with Crippen molar-refractivity contribution in [1.82, 2.24) is 4.90 Å². The highest BCUT2D eigenvalue weighted by atomic mass is 35.5. The molecule has 1 fully saturated rings. The molecule has 1 aliphatic heterocycles. The van der Waals surface area contributed by atoms with Crippen LogP contribution in [0, 0.1) is 0 Å². The highest BCUT2D eigenvalue weighted by Gasteiger charge is 2.41. The van der Waals surface area contributed by atoms with Gasteiger partial charge in [-0.3, -0.25) is 9.69 Å². The van der Waals surface area contributed by atoms with Crippen LogP contribution in [0.25, 0.3) is 0 Å². The van der Waals surface area contributed by atoms with Crippen molar-refractivity contribution < 1.29 is 47.2 Å². The molecular weight excluding hydrogens is 509 g/mol. The number of primary amides is 1. The third-order valence-electron chi connectivity index (χ3n) is 4.61. The van der Waals surface area contributed by atoms with Crippen LogP contribution < -0.4 is 19.9 Å². The Balaban J connectivity index is 0.00000106. The maximum absolute atomic E-state index is 12.4. The summed E-state index contributed by atoms with van der Waals surface area (Å²) >= 11 is 5.85. The number of alkyl halides is 3. The molecule has 1 heterocycles. The summed E-state index contributed by atoms with van der Waals surface area (Å²) in [5.74, 6) is -3.18. The van der Waals surface area contributed by atoms with E-state index in [1.165, 1.54) is 6.92 Å². The van der Waals surface area contributed by atoms with Gasteiger partial charge in [0.1, 0.15) is 30.3 Å². The van der Waals surface area contributed by atoms with E-state index in [1.54, 1.807) is 24.3 Å². The Morgan fingerprint density at radius 1 is 1.19 bits per heavy atom. The number of β-amino-alcohol motifs (C(OH)–C–C–N with tert-alkyl or cyclic N) is 1. The molecule has 0 spiro atoms. The van der Waals surface area contributed by atoms with Gasteiger partial charge in [-0.05, 0) is 42.8 Å². The number of likely N-dealkylation sites (tertiary alicyclic amines) is 1. The summed E-state index contributed by atoms with van der Waals surface area (Å²) in [6, 6.07) is 10.0. The number of aliphatic hydroxyl groups is 1. The van der Waals surface area contributed by atoms with E-state index in [1.807, 2.05) is 4.90 Å². The Hall–Kier alpha value is -3.22. The van der Waals surface area contributed by atoms with E-state index >= 15 is 0 Å². The first-order valence-corrected chi connectivity index (χ1v) is 11.0. The number of nitrogens with two attached hydrogens (primary N) is 1. The van der Waals surface area contributed by atoms with E-state index in [2.05, 4.69) is 10.5 Å². The molecule has 2 aromatic carbocycles. The van der Waals surface area contributed by atoms with Gasteiger partial charge in [-0.15, -0.1) is 0 Å². The third kappa shape index (κ3) is 10.2. The molecule has 198 valence electrons. The lowest BCUT2D eigenvalue weighted by molar-refractivity contribution is -0.189. The van der Waals surface area contributed by atoms with Crippen LogP contribution in [-0.2, 0) is 9.59 Å². The lowest BCUT2D eigenvalue weighted by Crippen LogP contribution is -2.35. The number of halogens is 4. The number of benzene rings is 2. The molecule has 2 atom stereocenters. The largest absolute Gasteiger partial charge is 0.508 e. The van der Waals surface area contributed by atoms with Crippen LogP contribution in [0.3, 0.4) is 0 Å². The predicted octanol–water partition coefficient (Wildman–Crippen LogP) is 2.90. The van der Waals surface area contributed by atoms with Crippen LogP contribution in [0.5, 0.6) is 23.0 Å². The monoisotopic (exact) mass is 534 g/mol. The summed E-state index contributed by atoms with van der Waals surface area (Å²) in [6.07, 6.45) is -5.49. The number of amides is 1. The third-order valence-corrected chi connectivity index (χ3v) is 4.86. The average Bonchev–Trinajstić information content (AvgIpc) is 3.21. The van der Waals surface area contributed by atoms with E-state index in [4.69, 9.17) is 21.1 Å². The van der Waals surface area contributed by atoms with Crippen LogP contribution in [0.15, 0.2) is 42.5 Å². The minimum atomic E-state index is -5.19. The van der Waals surface area contributed by atoms with Crippen LogP contribution >= 0.6 is 11.6 Å². The number of phenols is 1. The minimum Gasteiger partial charge on any atom is -0.508 e. The van der Waals surface area contributed by atoms with Gasteiger partial charge in [-0.2, -0.15) is 13.2 Å². The molecule has 1 amide bonds. The number of aliphatic hydroxyl groups excluding tert-OH is 1. The Bertz CT molecular complexity index is 1020. The Labute approximate surface area is 210 Å². The molecule has 2 unspecified atom stereocenters. The molecule has 0 bridgehead atoms. The van der Waals surface area contributed by atoms with Crippen LogP contribution in [0.2, 0.25) is 5.02 Å². The highest BCUT2D eigenvalue weighted by Crippen LogP contribution is 2.33. The first kappa shape index (κ1) is 29.0. The molecule has 9 nitrogen and oxygen atoms in total. The van der Waals surface area contributed by atoms with Crippen molar-refractivity contribution in [2.75, 3.05) is 26.2 Å². The molecule has 13 heteroatoms. The fourth-order valence-electron chi connectivity index (χ4n) is 3.15. The van der Waals surface area contributed by atoms with Crippen LogP contribution in [0.4, 0.5) is 13.2 Å². The average molecular weight is 535 g/mol. The van der Waals surface area contributed by atoms with Crippen LogP contribution in [0.1, 0.15) is 13.3 Å². The van der Waals surface area contributed by atoms with Gasteiger partial charge < -0.3 is 30.2 Å². The van der Waals surface area contributed by atoms with Gasteiger partial charge >= 0.3 is 12.1 Å². The van der Waals surface area contributed by atoms with E-state index in [-0.39, 0.29) is 36.7 Å². The van der Waals surface area contributed by atoms with Crippen molar-refractivity contribution in [2.45, 2.75) is 31.7 Å². The summed E-state index contributed by atoms with van der Waals surface area (Å²) < 4.78 is 52.8. The van der Waals surface area contributed by atoms with Gasteiger partial charge in [0.05, 0.1) is 0 Å². The van der Waals surface area contributed by atoms with Crippen LogP contribution in [-0.4, -0.2) is 71.6 Å². The summed E-state index contributed by atoms with van der Waals surface area (Å²) in [4.78, 5) is 22.3. The van der Waals surface area contributed by atoms with E-state index in [9.17, 15) is 33.0 Å². The van der Waals surface area contributed by atoms with Crippen molar-refractivity contribution >= 4 is 23.5 Å². The zero-order chi connectivity index (χ0) is 26.9. The number of ether oxygens (including phenoxy) is 3. The number of nitrogens with zero attached hydrogens (tertiary/aromatic N) is 1. The fourth-order valence-corrected chi connectivity index (χ4v) is 3.28. The Morgan fingerprint density at radius 3 is 2.44 bits per heavy atom. The summed E-state index contributed by atoms with van der Waals surface area (Å²) in [6.45, 7) is 2.49. The van der Waals surface area contributed by atoms with Crippen molar-refractivity contribution in [3.63, 3.8) is 0 Å². The molecule has 0 saturated carbocycles. The van der Waals surface area contributed by atoms with Gasteiger partial charge in [-0.1, -0.05) is 11.6 Å². The Morgan fingerprint density at radius 2 is 1.83 bits per heavy atom. The molecular formula is C23H26ClF3N2O7. The highest BCUT2D eigenvalue weighted by molar-refractivity contribution is 6.30. The normalized spacial score (nSPS) is 16.4. The minimum absolute atomic E-state index is 0.0660. The first-order chi connectivity index (χ1) is 16.8. The van der Waals surface area contributed by atoms with Crippen molar-refractivity contribution in [1.29, 1.82) is 0 Å². The molecule has 1 aliphatic rings. The standard InChI is InChI=1S/C21H21ClF3NO6.C2H5NO/c22-13-1-4-16(5-2-13)31-17-7-8-26(11-17)10-15(28)12-30-19-9-14(27)3-6-18(19)32-20(29)21(23,24)25;1-2(3)4/h1-6,9,15,17,27-28H,7-8,10-12H2;1H3,(H2,3,4). The number of carbonyl (C=O) groups is 2. The molecule has 0 aliphatic carbocycles. The molecule has 0 aromatic heterocycles. The quantitative estimate of drug-likeness (QED) is 0.348. The predicted molar refractivity (Wildman–Crippen MR) is 123 cm³/mol. The molecule has 3 rings (SSSR count).